The quantitative estimate of drug-likeness (QED) is 0.877. The molecule has 20 heavy (non-hydrogen) atoms. The lowest BCUT2D eigenvalue weighted by molar-refractivity contribution is -0.122. The van der Waals surface area contributed by atoms with Crippen molar-refractivity contribution in [3.8, 4) is 0 Å². The van der Waals surface area contributed by atoms with Gasteiger partial charge in [0, 0.05) is 12.1 Å². The van der Waals surface area contributed by atoms with Gasteiger partial charge in [0.15, 0.2) is 0 Å². The number of amides is 2. The second-order valence-electron chi connectivity index (χ2n) is 4.89. The average Bonchev–Trinajstić information content (AvgIpc) is 2.36. The van der Waals surface area contributed by atoms with Crippen LogP contribution in [0.15, 0.2) is 18.2 Å². The second-order valence-corrected chi connectivity index (χ2v) is 5.74. The topological polar surface area (TPSA) is 58.2 Å². The third-order valence-electron chi connectivity index (χ3n) is 2.75. The van der Waals surface area contributed by atoms with E-state index >= 15 is 0 Å². The van der Waals surface area contributed by atoms with Crippen molar-refractivity contribution in [2.75, 3.05) is 7.05 Å². The van der Waals surface area contributed by atoms with Crippen LogP contribution in [0.2, 0.25) is 10.0 Å². The zero-order chi connectivity index (χ0) is 15.3. The number of rotatable bonds is 5. The van der Waals surface area contributed by atoms with E-state index in [0.29, 0.717) is 17.0 Å². The van der Waals surface area contributed by atoms with Gasteiger partial charge in [-0.15, -0.1) is 0 Å². The summed E-state index contributed by atoms with van der Waals surface area (Å²) in [7, 11) is 1.54. The van der Waals surface area contributed by atoms with Gasteiger partial charge in [-0.05, 0) is 30.5 Å². The fourth-order valence-corrected chi connectivity index (χ4v) is 2.28. The highest BCUT2D eigenvalue weighted by atomic mass is 35.5. The molecule has 0 unspecified atom stereocenters. The van der Waals surface area contributed by atoms with Crippen molar-refractivity contribution in [2.24, 2.45) is 5.92 Å². The molecular weight excluding hydrogens is 299 g/mol. The number of carbonyl (C=O) groups is 2. The maximum absolute atomic E-state index is 12.2. The first kappa shape index (κ1) is 16.8. The number of likely N-dealkylation sites (N-methyl/N-ethyl adjacent to an activating group) is 1. The highest BCUT2D eigenvalue weighted by molar-refractivity contribution is 6.36. The number of hydrogen-bond acceptors (Lipinski definition) is 2. The van der Waals surface area contributed by atoms with E-state index in [-0.39, 0.29) is 22.8 Å². The lowest BCUT2D eigenvalue weighted by atomic mass is 10.0. The van der Waals surface area contributed by atoms with E-state index in [2.05, 4.69) is 10.6 Å². The molecule has 0 heterocycles. The second kappa shape index (κ2) is 7.50. The highest BCUT2D eigenvalue weighted by Gasteiger charge is 2.22. The van der Waals surface area contributed by atoms with E-state index in [4.69, 9.17) is 23.2 Å². The average molecular weight is 317 g/mol. The summed E-state index contributed by atoms with van der Waals surface area (Å²) in [6, 6.07) is 4.03. The minimum atomic E-state index is -0.584. The van der Waals surface area contributed by atoms with Crippen molar-refractivity contribution in [2.45, 2.75) is 26.3 Å². The molecule has 2 N–H and O–H groups in total. The molecule has 0 spiro atoms. The first-order chi connectivity index (χ1) is 9.35. The molecule has 1 aromatic rings. The van der Waals surface area contributed by atoms with Crippen molar-refractivity contribution in [3.63, 3.8) is 0 Å². The third kappa shape index (κ3) is 4.69. The van der Waals surface area contributed by atoms with Crippen LogP contribution < -0.4 is 10.6 Å². The number of carbonyl (C=O) groups excluding carboxylic acids is 2. The van der Waals surface area contributed by atoms with Crippen molar-refractivity contribution in [1.29, 1.82) is 0 Å². The minimum Gasteiger partial charge on any atom is -0.357 e. The number of nitrogens with one attached hydrogen (secondary N) is 2. The lowest BCUT2D eigenvalue weighted by Crippen LogP contribution is -2.46. The fraction of sp³-hybridized carbons (Fsp3) is 0.429. The Balaban J connectivity index is 2.87. The van der Waals surface area contributed by atoms with Gasteiger partial charge in [0.25, 0.3) is 5.91 Å². The van der Waals surface area contributed by atoms with Crippen LogP contribution >= 0.6 is 23.2 Å². The predicted molar refractivity (Wildman–Crippen MR) is 81.2 cm³/mol. The van der Waals surface area contributed by atoms with Gasteiger partial charge in [-0.25, -0.2) is 0 Å². The van der Waals surface area contributed by atoms with Gasteiger partial charge in [-0.2, -0.15) is 0 Å². The minimum absolute atomic E-state index is 0.225. The van der Waals surface area contributed by atoms with Gasteiger partial charge in [-0.1, -0.05) is 37.0 Å². The maximum Gasteiger partial charge on any atom is 0.253 e. The normalized spacial score (nSPS) is 12.1. The summed E-state index contributed by atoms with van der Waals surface area (Å²) in [4.78, 5) is 23.9. The Hall–Kier alpha value is -1.26. The van der Waals surface area contributed by atoms with E-state index in [1.54, 1.807) is 6.07 Å². The summed E-state index contributed by atoms with van der Waals surface area (Å²) >= 11 is 11.8. The molecule has 1 aromatic carbocycles. The Morgan fingerprint density at radius 1 is 1.25 bits per heavy atom. The van der Waals surface area contributed by atoms with Crippen LogP contribution in [0.4, 0.5) is 0 Å². The van der Waals surface area contributed by atoms with Gasteiger partial charge in [-0.3, -0.25) is 9.59 Å². The maximum atomic E-state index is 12.2. The van der Waals surface area contributed by atoms with Crippen LogP contribution in [-0.4, -0.2) is 24.9 Å². The largest absolute Gasteiger partial charge is 0.357 e. The molecule has 4 nitrogen and oxygen atoms in total. The van der Waals surface area contributed by atoms with Crippen LogP contribution in [0, 0.1) is 5.92 Å². The Bertz CT molecular complexity index is 504. The molecule has 2 amide bonds. The summed E-state index contributed by atoms with van der Waals surface area (Å²) in [5.41, 5.74) is 0.300. The van der Waals surface area contributed by atoms with Gasteiger partial charge >= 0.3 is 0 Å². The molecule has 0 aromatic heterocycles. The summed E-state index contributed by atoms with van der Waals surface area (Å²) in [5.74, 6) is -0.337. The molecule has 110 valence electrons. The van der Waals surface area contributed by atoms with E-state index in [0.717, 1.165) is 0 Å². The molecule has 1 atom stereocenters. The summed E-state index contributed by atoms with van der Waals surface area (Å²) in [5, 5.41) is 5.95. The summed E-state index contributed by atoms with van der Waals surface area (Å²) < 4.78 is 0. The molecule has 0 bridgehead atoms. The highest BCUT2D eigenvalue weighted by Crippen LogP contribution is 2.21. The van der Waals surface area contributed by atoms with Gasteiger partial charge in [0.1, 0.15) is 6.04 Å². The van der Waals surface area contributed by atoms with E-state index in [9.17, 15) is 9.59 Å². The fourth-order valence-electron chi connectivity index (χ4n) is 1.79. The molecule has 0 saturated carbocycles. The smallest absolute Gasteiger partial charge is 0.253 e. The first-order valence-corrected chi connectivity index (χ1v) is 7.08. The van der Waals surface area contributed by atoms with Gasteiger partial charge in [0.2, 0.25) is 5.91 Å². The molecular formula is C14H18Cl2N2O2. The molecule has 0 saturated heterocycles. The van der Waals surface area contributed by atoms with E-state index in [1.165, 1.54) is 19.2 Å². The zero-order valence-electron chi connectivity index (χ0n) is 11.7. The third-order valence-corrected chi connectivity index (χ3v) is 3.30. The molecule has 6 heteroatoms. The molecule has 0 radical (unpaired) electrons. The Labute approximate surface area is 128 Å². The van der Waals surface area contributed by atoms with E-state index in [1.807, 2.05) is 13.8 Å². The van der Waals surface area contributed by atoms with Crippen molar-refractivity contribution >= 4 is 35.0 Å². The lowest BCUT2D eigenvalue weighted by Gasteiger charge is -2.19. The predicted octanol–water partition coefficient (Wildman–Crippen LogP) is 2.88. The Kier molecular flexibility index (Phi) is 6.30. The van der Waals surface area contributed by atoms with Gasteiger partial charge in [0.05, 0.1) is 10.6 Å². The summed E-state index contributed by atoms with van der Waals surface area (Å²) in [6.07, 6.45) is 0.552. The van der Waals surface area contributed by atoms with E-state index < -0.39 is 6.04 Å². The zero-order valence-corrected chi connectivity index (χ0v) is 13.2. The van der Waals surface area contributed by atoms with Crippen LogP contribution in [0.25, 0.3) is 0 Å². The van der Waals surface area contributed by atoms with Crippen LogP contribution in [0.3, 0.4) is 0 Å². The SMILES string of the molecule is CNC(=O)[C@H](CC(C)C)NC(=O)c1ccc(Cl)cc1Cl. The van der Waals surface area contributed by atoms with Crippen LogP contribution in [-0.2, 0) is 4.79 Å². The summed E-state index contributed by atoms with van der Waals surface area (Å²) in [6.45, 7) is 3.97. The van der Waals surface area contributed by atoms with Crippen molar-refractivity contribution < 1.29 is 9.59 Å². The number of halogens is 2. The Morgan fingerprint density at radius 2 is 1.90 bits per heavy atom. The van der Waals surface area contributed by atoms with Crippen LogP contribution in [0.1, 0.15) is 30.6 Å². The molecule has 0 fully saturated rings. The van der Waals surface area contributed by atoms with Crippen LogP contribution in [0.5, 0.6) is 0 Å². The Morgan fingerprint density at radius 3 is 2.40 bits per heavy atom. The van der Waals surface area contributed by atoms with Gasteiger partial charge < -0.3 is 10.6 Å². The molecule has 0 aliphatic carbocycles. The number of benzene rings is 1. The number of hydrogen-bond donors (Lipinski definition) is 2. The molecule has 1 rings (SSSR count). The molecule has 0 aliphatic rings. The first-order valence-electron chi connectivity index (χ1n) is 6.32. The molecule has 0 aliphatic heterocycles. The standard InChI is InChI=1S/C14H18Cl2N2O2/c1-8(2)6-12(14(20)17-3)18-13(19)10-5-4-9(15)7-11(10)16/h4-5,7-8,12H,6H2,1-3H3,(H,17,20)(H,18,19)/t12-/m0/s1. The van der Waals surface area contributed by atoms with Crippen molar-refractivity contribution in [3.05, 3.63) is 33.8 Å². The van der Waals surface area contributed by atoms with Crippen molar-refractivity contribution in [1.82, 2.24) is 10.6 Å². The monoisotopic (exact) mass is 316 g/mol.